The molecule has 0 radical (unpaired) electrons. The van der Waals surface area contributed by atoms with Gasteiger partial charge in [-0.05, 0) is 78.5 Å². The summed E-state index contributed by atoms with van der Waals surface area (Å²) in [6.07, 6.45) is 4.27. The number of methoxy groups -OCH3 is 2. The van der Waals surface area contributed by atoms with Gasteiger partial charge in [0.1, 0.15) is 5.72 Å². The fraction of sp³-hybridized carbons (Fsp3) is 0.556. The highest BCUT2D eigenvalue weighted by atomic mass is 16.5. The number of phenols is 2. The Bertz CT molecular complexity index is 1070. The van der Waals surface area contributed by atoms with Crippen LogP contribution in [-0.4, -0.2) is 54.1 Å². The average molecular weight is 469 g/mol. The number of nitrogens with zero attached hydrogens (tertiary/aromatic N) is 1. The van der Waals surface area contributed by atoms with E-state index in [1.165, 1.54) is 18.2 Å². The van der Waals surface area contributed by atoms with Crippen LogP contribution in [0, 0.1) is 11.8 Å². The van der Waals surface area contributed by atoms with Crippen LogP contribution in [0.5, 0.6) is 23.0 Å². The maximum absolute atomic E-state index is 11.9. The standard InChI is InChI=1S/C27H36N2O5/c1-4-16-15-29-8-6-17-10-23(30)25(33-2)12-20(17)22(29)9-19(16)14-27(32)21-13-26(34-3)24(31)11-18(21)5-7-28-27/h10-13,16,19,22,28,30-32H,4-9,14-15H2,1-3H3. The summed E-state index contributed by atoms with van der Waals surface area (Å²) in [4.78, 5) is 2.57. The molecule has 3 aliphatic heterocycles. The van der Waals surface area contributed by atoms with E-state index < -0.39 is 5.72 Å². The highest BCUT2D eigenvalue weighted by molar-refractivity contribution is 5.50. The van der Waals surface area contributed by atoms with Gasteiger partial charge in [-0.1, -0.05) is 13.3 Å². The second-order valence-electron chi connectivity index (χ2n) is 10.1. The molecule has 2 aromatic rings. The van der Waals surface area contributed by atoms with E-state index in [2.05, 4.69) is 17.1 Å². The maximum Gasteiger partial charge on any atom is 0.160 e. The number of phenolic OH excluding ortho intramolecular Hbond substituents is 2. The molecule has 4 unspecified atom stereocenters. The molecule has 3 heterocycles. The van der Waals surface area contributed by atoms with Gasteiger partial charge in [0.25, 0.3) is 0 Å². The van der Waals surface area contributed by atoms with E-state index in [1.807, 2.05) is 12.1 Å². The summed E-state index contributed by atoms with van der Waals surface area (Å²) in [5.41, 5.74) is 3.03. The topological polar surface area (TPSA) is 94.4 Å². The van der Waals surface area contributed by atoms with Crippen LogP contribution in [0.4, 0.5) is 0 Å². The summed E-state index contributed by atoms with van der Waals surface area (Å²) >= 11 is 0. The Balaban J connectivity index is 1.47. The monoisotopic (exact) mass is 468 g/mol. The number of hydrogen-bond donors (Lipinski definition) is 4. The van der Waals surface area contributed by atoms with E-state index in [4.69, 9.17) is 9.47 Å². The van der Waals surface area contributed by atoms with Gasteiger partial charge in [-0.15, -0.1) is 0 Å². The second kappa shape index (κ2) is 8.95. The third-order valence-corrected chi connectivity index (χ3v) is 8.31. The van der Waals surface area contributed by atoms with Crippen molar-refractivity contribution in [3.05, 3.63) is 46.5 Å². The Hall–Kier alpha value is -2.48. The highest BCUT2D eigenvalue weighted by Gasteiger charge is 2.44. The molecule has 4 N–H and O–H groups in total. The van der Waals surface area contributed by atoms with Gasteiger partial charge in [0, 0.05) is 31.2 Å². The maximum atomic E-state index is 11.9. The molecule has 7 heteroatoms. The highest BCUT2D eigenvalue weighted by Crippen LogP contribution is 2.48. The minimum atomic E-state index is -1.17. The minimum absolute atomic E-state index is 0.112. The molecule has 0 spiro atoms. The SMILES string of the molecule is CCC1CN2CCc3cc(O)c(OC)cc3C2CC1CC1(O)NCCc2cc(O)c(OC)cc21. The number of aliphatic hydroxyl groups is 1. The molecular formula is C27H36N2O5. The second-order valence-corrected chi connectivity index (χ2v) is 10.1. The summed E-state index contributed by atoms with van der Waals surface area (Å²) < 4.78 is 10.8. The summed E-state index contributed by atoms with van der Waals surface area (Å²) in [7, 11) is 3.12. The zero-order chi connectivity index (χ0) is 24.0. The Morgan fingerprint density at radius 3 is 2.41 bits per heavy atom. The smallest absolute Gasteiger partial charge is 0.160 e. The lowest BCUT2D eigenvalue weighted by atomic mass is 9.71. The van der Waals surface area contributed by atoms with Crippen molar-refractivity contribution in [2.75, 3.05) is 33.9 Å². The predicted octanol–water partition coefficient (Wildman–Crippen LogP) is 3.44. The van der Waals surface area contributed by atoms with Crippen LogP contribution in [0.3, 0.4) is 0 Å². The van der Waals surface area contributed by atoms with Gasteiger partial charge in [0.05, 0.1) is 14.2 Å². The first-order valence-corrected chi connectivity index (χ1v) is 12.4. The Labute approximate surface area is 201 Å². The molecule has 0 amide bonds. The van der Waals surface area contributed by atoms with Gasteiger partial charge >= 0.3 is 0 Å². The van der Waals surface area contributed by atoms with Crippen molar-refractivity contribution >= 4 is 0 Å². The van der Waals surface area contributed by atoms with Gasteiger partial charge in [-0.3, -0.25) is 10.2 Å². The largest absolute Gasteiger partial charge is 0.504 e. The lowest BCUT2D eigenvalue weighted by molar-refractivity contribution is -0.0569. The van der Waals surface area contributed by atoms with Crippen molar-refractivity contribution in [3.8, 4) is 23.0 Å². The van der Waals surface area contributed by atoms with Crippen molar-refractivity contribution in [1.82, 2.24) is 10.2 Å². The molecule has 2 aromatic carbocycles. The zero-order valence-corrected chi connectivity index (χ0v) is 20.3. The first kappa shape index (κ1) is 23.3. The number of ether oxygens (including phenoxy) is 2. The average Bonchev–Trinajstić information content (AvgIpc) is 2.83. The van der Waals surface area contributed by atoms with E-state index in [0.717, 1.165) is 49.9 Å². The molecule has 0 bridgehead atoms. The molecule has 0 saturated carbocycles. The van der Waals surface area contributed by atoms with Crippen molar-refractivity contribution in [1.29, 1.82) is 0 Å². The van der Waals surface area contributed by atoms with Crippen molar-refractivity contribution < 1.29 is 24.8 Å². The molecule has 1 saturated heterocycles. The fourth-order valence-corrected chi connectivity index (χ4v) is 6.50. The van der Waals surface area contributed by atoms with Crippen LogP contribution in [-0.2, 0) is 18.6 Å². The normalized spacial score (nSPS) is 28.5. The van der Waals surface area contributed by atoms with E-state index in [9.17, 15) is 15.3 Å². The Morgan fingerprint density at radius 1 is 1.00 bits per heavy atom. The lowest BCUT2D eigenvalue weighted by Gasteiger charge is -2.49. The molecule has 1 fully saturated rings. The number of nitrogens with one attached hydrogen (secondary N) is 1. The van der Waals surface area contributed by atoms with Crippen LogP contribution >= 0.6 is 0 Å². The van der Waals surface area contributed by atoms with Crippen molar-refractivity contribution in [2.45, 2.75) is 50.8 Å². The minimum Gasteiger partial charge on any atom is -0.504 e. The van der Waals surface area contributed by atoms with Gasteiger partial charge in [-0.25, -0.2) is 0 Å². The summed E-state index contributed by atoms with van der Waals surface area (Å²) in [5, 5.41) is 35.8. The van der Waals surface area contributed by atoms with E-state index in [1.54, 1.807) is 19.2 Å². The van der Waals surface area contributed by atoms with E-state index in [0.29, 0.717) is 36.3 Å². The first-order valence-electron chi connectivity index (χ1n) is 12.4. The molecule has 0 aliphatic carbocycles. The third-order valence-electron chi connectivity index (χ3n) is 8.31. The summed E-state index contributed by atoms with van der Waals surface area (Å²) in [6.45, 7) is 4.88. The van der Waals surface area contributed by atoms with Crippen molar-refractivity contribution in [2.24, 2.45) is 11.8 Å². The van der Waals surface area contributed by atoms with Gasteiger partial charge in [0.15, 0.2) is 23.0 Å². The van der Waals surface area contributed by atoms with Gasteiger partial charge in [-0.2, -0.15) is 0 Å². The predicted molar refractivity (Wildman–Crippen MR) is 129 cm³/mol. The van der Waals surface area contributed by atoms with Gasteiger partial charge in [0.2, 0.25) is 0 Å². The summed E-state index contributed by atoms with van der Waals surface area (Å²) in [5.74, 6) is 2.00. The van der Waals surface area contributed by atoms with Crippen molar-refractivity contribution in [3.63, 3.8) is 0 Å². The molecule has 0 aromatic heterocycles. The van der Waals surface area contributed by atoms with Crippen LogP contribution in [0.1, 0.15) is 54.5 Å². The lowest BCUT2D eigenvalue weighted by Crippen LogP contribution is -2.52. The zero-order valence-electron chi connectivity index (χ0n) is 20.3. The Morgan fingerprint density at radius 2 is 1.71 bits per heavy atom. The number of rotatable bonds is 5. The third kappa shape index (κ3) is 3.89. The van der Waals surface area contributed by atoms with Crippen LogP contribution < -0.4 is 14.8 Å². The van der Waals surface area contributed by atoms with Gasteiger partial charge < -0.3 is 24.8 Å². The van der Waals surface area contributed by atoms with Crippen LogP contribution in [0.25, 0.3) is 0 Å². The summed E-state index contributed by atoms with van der Waals surface area (Å²) in [6, 6.07) is 7.62. The van der Waals surface area contributed by atoms with E-state index >= 15 is 0 Å². The number of aromatic hydroxyl groups is 2. The first-order chi connectivity index (χ1) is 16.4. The Kier molecular flexibility index (Phi) is 6.12. The number of hydrogen-bond acceptors (Lipinski definition) is 7. The van der Waals surface area contributed by atoms with Crippen LogP contribution in [0.2, 0.25) is 0 Å². The fourth-order valence-electron chi connectivity index (χ4n) is 6.50. The van der Waals surface area contributed by atoms with Crippen LogP contribution in [0.15, 0.2) is 24.3 Å². The molecule has 3 aliphatic rings. The number of piperidine rings is 1. The molecule has 5 rings (SSSR count). The molecule has 7 nitrogen and oxygen atoms in total. The molecule has 184 valence electrons. The molecule has 34 heavy (non-hydrogen) atoms. The number of benzene rings is 2. The molecule has 4 atom stereocenters. The number of fused-ring (bicyclic) bond motifs is 4. The molecular weight excluding hydrogens is 432 g/mol. The van der Waals surface area contributed by atoms with E-state index in [-0.39, 0.29) is 17.5 Å². The quantitative estimate of drug-likeness (QED) is 0.534.